The van der Waals surface area contributed by atoms with E-state index < -0.39 is 0 Å². The quantitative estimate of drug-likeness (QED) is 0.540. The van der Waals surface area contributed by atoms with Crippen molar-refractivity contribution < 1.29 is 4.79 Å². The van der Waals surface area contributed by atoms with Crippen molar-refractivity contribution >= 4 is 55.6 Å². The Balaban J connectivity index is 2.14. The van der Waals surface area contributed by atoms with E-state index in [1.807, 2.05) is 35.7 Å². The number of thiophene rings is 1. The molecule has 0 aliphatic carbocycles. The topological polar surface area (TPSA) is 17.1 Å². The molecule has 0 saturated carbocycles. The number of benzene rings is 1. The van der Waals surface area contributed by atoms with Crippen molar-refractivity contribution in [3.05, 3.63) is 54.2 Å². The fourth-order valence-electron chi connectivity index (χ4n) is 1.36. The number of ketones is 1. The van der Waals surface area contributed by atoms with Gasteiger partial charge in [0.2, 0.25) is 0 Å². The van der Waals surface area contributed by atoms with Crippen LogP contribution in [0.2, 0.25) is 0 Å². The Bertz CT molecular complexity index is 504. The molecule has 0 atom stereocenters. The van der Waals surface area contributed by atoms with Gasteiger partial charge in [0.25, 0.3) is 0 Å². The van der Waals surface area contributed by atoms with Crippen molar-refractivity contribution in [3.63, 3.8) is 0 Å². The first-order valence-electron chi connectivity index (χ1n) is 4.67. The van der Waals surface area contributed by atoms with Gasteiger partial charge in [-0.2, -0.15) is 0 Å². The van der Waals surface area contributed by atoms with Crippen LogP contribution in [0.1, 0.15) is 15.2 Å². The Labute approximate surface area is 120 Å². The molecule has 0 unspecified atom stereocenters. The first kappa shape index (κ1) is 12.3. The third-order valence-electron chi connectivity index (χ3n) is 2.15. The monoisotopic (exact) mass is 406 g/mol. The van der Waals surface area contributed by atoms with Crippen LogP contribution in [-0.4, -0.2) is 5.78 Å². The van der Waals surface area contributed by atoms with Gasteiger partial charge in [0.15, 0.2) is 5.78 Å². The molecule has 0 radical (unpaired) electrons. The number of carbonyl (C=O) groups excluding carboxylic acids is 1. The molecule has 0 aliphatic heterocycles. The van der Waals surface area contributed by atoms with Crippen molar-refractivity contribution in [2.75, 3.05) is 0 Å². The number of hydrogen-bond donors (Lipinski definition) is 0. The zero-order valence-corrected chi connectivity index (χ0v) is 12.8. The molecule has 1 nitrogen and oxygen atoms in total. The van der Waals surface area contributed by atoms with Gasteiger partial charge in [-0.1, -0.05) is 12.1 Å². The highest BCUT2D eigenvalue weighted by Gasteiger charge is 2.11. The molecule has 2 rings (SSSR count). The van der Waals surface area contributed by atoms with E-state index in [9.17, 15) is 4.79 Å². The van der Waals surface area contributed by atoms with Gasteiger partial charge in [-0.25, -0.2) is 0 Å². The molecule has 0 N–H and O–H groups in total. The predicted molar refractivity (Wildman–Crippen MR) is 79.2 cm³/mol. The van der Waals surface area contributed by atoms with E-state index >= 15 is 0 Å². The Morgan fingerprint density at radius 3 is 2.50 bits per heavy atom. The molecule has 2 aromatic rings. The third-order valence-corrected chi connectivity index (χ3v) is 4.75. The van der Waals surface area contributed by atoms with Gasteiger partial charge >= 0.3 is 0 Å². The van der Waals surface area contributed by atoms with Crippen LogP contribution in [0.3, 0.4) is 0 Å². The summed E-state index contributed by atoms with van der Waals surface area (Å²) in [6.45, 7) is 0. The standard InChI is InChI=1S/C12H8BrIOS/c13-10-5-6-16-12(10)11(15)7-8-1-3-9(14)4-2-8/h1-6H,7H2. The smallest absolute Gasteiger partial charge is 0.178 e. The van der Waals surface area contributed by atoms with Crippen LogP contribution in [0, 0.1) is 3.57 Å². The first-order valence-corrected chi connectivity index (χ1v) is 7.42. The highest BCUT2D eigenvalue weighted by molar-refractivity contribution is 14.1. The summed E-state index contributed by atoms with van der Waals surface area (Å²) in [5.74, 6) is 0.170. The summed E-state index contributed by atoms with van der Waals surface area (Å²) in [6.07, 6.45) is 0.468. The molecule has 1 aromatic heterocycles. The summed E-state index contributed by atoms with van der Waals surface area (Å²) in [5, 5.41) is 1.92. The van der Waals surface area contributed by atoms with Gasteiger partial charge in [0.05, 0.1) is 4.88 Å². The van der Waals surface area contributed by atoms with E-state index in [2.05, 4.69) is 38.5 Å². The fourth-order valence-corrected chi connectivity index (χ4v) is 3.25. The van der Waals surface area contributed by atoms with Crippen molar-refractivity contribution in [3.8, 4) is 0 Å². The van der Waals surface area contributed by atoms with Crippen LogP contribution in [0.4, 0.5) is 0 Å². The fraction of sp³-hybridized carbons (Fsp3) is 0.0833. The van der Waals surface area contributed by atoms with E-state index in [1.54, 1.807) is 0 Å². The second-order valence-electron chi connectivity index (χ2n) is 3.32. The lowest BCUT2D eigenvalue weighted by molar-refractivity contribution is 0.0996. The molecule has 16 heavy (non-hydrogen) atoms. The summed E-state index contributed by atoms with van der Waals surface area (Å²) in [4.78, 5) is 12.8. The van der Waals surface area contributed by atoms with Gasteiger partial charge in [0.1, 0.15) is 0 Å². The lowest BCUT2D eigenvalue weighted by Crippen LogP contribution is -2.01. The molecule has 0 bridgehead atoms. The highest BCUT2D eigenvalue weighted by atomic mass is 127. The minimum atomic E-state index is 0.170. The zero-order valence-electron chi connectivity index (χ0n) is 8.24. The molecule has 1 aromatic carbocycles. The maximum Gasteiger partial charge on any atom is 0.178 e. The van der Waals surface area contributed by atoms with E-state index in [-0.39, 0.29) is 5.78 Å². The Hall–Kier alpha value is -0.200. The van der Waals surface area contributed by atoms with Crippen LogP contribution >= 0.6 is 49.9 Å². The van der Waals surface area contributed by atoms with Gasteiger partial charge in [-0.3, -0.25) is 4.79 Å². The summed E-state index contributed by atoms with van der Waals surface area (Å²) in [6, 6.07) is 9.95. The average Bonchev–Trinajstić information content (AvgIpc) is 2.68. The number of halogens is 2. The molecular weight excluding hydrogens is 399 g/mol. The summed E-state index contributed by atoms with van der Waals surface area (Å²) in [7, 11) is 0. The predicted octanol–water partition coefficient (Wildman–Crippen LogP) is 4.54. The maximum absolute atomic E-state index is 12.0. The van der Waals surface area contributed by atoms with E-state index in [4.69, 9.17) is 0 Å². The molecule has 0 fully saturated rings. The number of hydrogen-bond acceptors (Lipinski definition) is 2. The minimum absolute atomic E-state index is 0.170. The van der Waals surface area contributed by atoms with Crippen LogP contribution in [0.25, 0.3) is 0 Å². The molecule has 82 valence electrons. The van der Waals surface area contributed by atoms with Crippen molar-refractivity contribution in [2.24, 2.45) is 0 Å². The number of carbonyl (C=O) groups is 1. The lowest BCUT2D eigenvalue weighted by atomic mass is 10.1. The van der Waals surface area contributed by atoms with Crippen LogP contribution in [0.15, 0.2) is 40.2 Å². The molecule has 0 aliphatic rings. The van der Waals surface area contributed by atoms with Crippen molar-refractivity contribution in [1.82, 2.24) is 0 Å². The van der Waals surface area contributed by atoms with Gasteiger partial charge < -0.3 is 0 Å². The highest BCUT2D eigenvalue weighted by Crippen LogP contribution is 2.24. The molecule has 0 amide bonds. The van der Waals surface area contributed by atoms with Crippen LogP contribution in [-0.2, 0) is 6.42 Å². The average molecular weight is 407 g/mol. The minimum Gasteiger partial charge on any atom is -0.293 e. The third kappa shape index (κ3) is 2.93. The zero-order chi connectivity index (χ0) is 11.5. The Morgan fingerprint density at radius 1 is 1.25 bits per heavy atom. The molecule has 0 spiro atoms. The van der Waals surface area contributed by atoms with Crippen LogP contribution < -0.4 is 0 Å². The first-order chi connectivity index (χ1) is 7.66. The normalized spacial score (nSPS) is 10.4. The Kier molecular flexibility index (Phi) is 4.16. The summed E-state index contributed by atoms with van der Waals surface area (Å²) in [5.41, 5.74) is 1.06. The summed E-state index contributed by atoms with van der Waals surface area (Å²) < 4.78 is 2.08. The molecular formula is C12H8BrIOS. The van der Waals surface area contributed by atoms with E-state index in [0.717, 1.165) is 14.9 Å². The number of rotatable bonds is 3. The summed E-state index contributed by atoms with van der Waals surface area (Å²) >= 11 is 7.12. The van der Waals surface area contributed by atoms with Gasteiger partial charge in [-0.15, -0.1) is 11.3 Å². The number of Topliss-reactive ketones (excluding diaryl/α,β-unsaturated/α-hetero) is 1. The SMILES string of the molecule is O=C(Cc1ccc(I)cc1)c1sccc1Br. The lowest BCUT2D eigenvalue weighted by Gasteiger charge is -2.00. The van der Waals surface area contributed by atoms with Crippen LogP contribution in [0.5, 0.6) is 0 Å². The second-order valence-corrected chi connectivity index (χ2v) is 6.34. The van der Waals surface area contributed by atoms with Gasteiger partial charge in [0, 0.05) is 14.5 Å². The largest absolute Gasteiger partial charge is 0.293 e. The maximum atomic E-state index is 12.0. The Morgan fingerprint density at radius 2 is 1.94 bits per heavy atom. The molecule has 4 heteroatoms. The van der Waals surface area contributed by atoms with Gasteiger partial charge in [-0.05, 0) is 67.7 Å². The van der Waals surface area contributed by atoms with Crippen molar-refractivity contribution in [2.45, 2.75) is 6.42 Å². The van der Waals surface area contributed by atoms with E-state index in [1.165, 1.54) is 14.9 Å². The molecule has 1 heterocycles. The van der Waals surface area contributed by atoms with Crippen molar-refractivity contribution in [1.29, 1.82) is 0 Å². The molecule has 0 saturated heterocycles. The van der Waals surface area contributed by atoms with E-state index in [0.29, 0.717) is 6.42 Å². The second kappa shape index (κ2) is 5.42.